The topological polar surface area (TPSA) is 103 Å². The van der Waals surface area contributed by atoms with Gasteiger partial charge < -0.3 is 4.57 Å². The zero-order valence-electron chi connectivity index (χ0n) is 10.8. The Labute approximate surface area is 114 Å². The second kappa shape index (κ2) is 5.91. The summed E-state index contributed by atoms with van der Waals surface area (Å²) in [6.45, 7) is 0. The molecule has 1 aromatic carbocycles. The van der Waals surface area contributed by atoms with Crippen LogP contribution in [0.5, 0.6) is 0 Å². The smallest absolute Gasteiger partial charge is 0.269 e. The van der Waals surface area contributed by atoms with Crippen molar-refractivity contribution in [3.63, 3.8) is 0 Å². The van der Waals surface area contributed by atoms with Gasteiger partial charge in [-0.2, -0.15) is 0 Å². The molecule has 0 fully saturated rings. The van der Waals surface area contributed by atoms with E-state index in [-0.39, 0.29) is 18.0 Å². The highest BCUT2D eigenvalue weighted by Gasteiger charge is 2.09. The van der Waals surface area contributed by atoms with Crippen LogP contribution in [0.2, 0.25) is 0 Å². The molecule has 0 aliphatic carbocycles. The van der Waals surface area contributed by atoms with E-state index in [1.165, 1.54) is 18.5 Å². The average Bonchev–Trinajstić information content (AvgIpc) is 2.82. The van der Waals surface area contributed by atoms with Crippen LogP contribution in [-0.2, 0) is 18.3 Å². The minimum atomic E-state index is -0.455. The first-order chi connectivity index (χ1) is 9.56. The van der Waals surface area contributed by atoms with Crippen molar-refractivity contribution in [1.82, 2.24) is 14.8 Å². The van der Waals surface area contributed by atoms with E-state index >= 15 is 0 Å². The summed E-state index contributed by atoms with van der Waals surface area (Å²) in [4.78, 5) is 21.9. The summed E-state index contributed by atoms with van der Waals surface area (Å²) < 4.78 is 1.59. The van der Waals surface area contributed by atoms with E-state index in [4.69, 9.17) is 0 Å². The van der Waals surface area contributed by atoms with Gasteiger partial charge >= 0.3 is 0 Å². The lowest BCUT2D eigenvalue weighted by molar-refractivity contribution is -0.384. The van der Waals surface area contributed by atoms with Gasteiger partial charge in [-0.25, -0.2) is 0 Å². The van der Waals surface area contributed by atoms with Crippen LogP contribution in [0.15, 0.2) is 30.6 Å². The van der Waals surface area contributed by atoms with Crippen molar-refractivity contribution >= 4 is 17.5 Å². The van der Waals surface area contributed by atoms with Crippen molar-refractivity contribution in [1.29, 1.82) is 0 Å². The van der Waals surface area contributed by atoms with Gasteiger partial charge in [-0.05, 0) is 12.0 Å². The molecule has 8 heteroatoms. The number of anilines is 1. The third kappa shape index (κ3) is 3.37. The number of aromatic nitrogens is 3. The molecule has 8 nitrogen and oxygen atoms in total. The zero-order chi connectivity index (χ0) is 14.5. The molecule has 0 aliphatic heterocycles. The molecule has 1 aromatic heterocycles. The molecular formula is C12H13N5O3. The molecule has 20 heavy (non-hydrogen) atoms. The molecule has 0 bridgehead atoms. The lowest BCUT2D eigenvalue weighted by atomic mass is 10.1. The van der Waals surface area contributed by atoms with Crippen LogP contribution >= 0.6 is 0 Å². The summed E-state index contributed by atoms with van der Waals surface area (Å²) in [5, 5.41) is 20.7. The molecule has 1 heterocycles. The van der Waals surface area contributed by atoms with E-state index in [2.05, 4.69) is 15.5 Å². The van der Waals surface area contributed by atoms with Gasteiger partial charge in [-0.15, -0.1) is 10.2 Å². The molecule has 0 atom stereocenters. The van der Waals surface area contributed by atoms with Crippen molar-refractivity contribution in [3.8, 4) is 0 Å². The van der Waals surface area contributed by atoms with E-state index in [9.17, 15) is 14.9 Å². The van der Waals surface area contributed by atoms with Crippen LogP contribution in [0.25, 0.3) is 0 Å². The standard InChI is InChI=1S/C12H13N5O3/c1-16-8-13-15-12(16)14-11(18)6-5-9-3-2-4-10(7-9)17(19)20/h2-4,7-8H,5-6H2,1H3,(H,14,15,18). The highest BCUT2D eigenvalue weighted by Crippen LogP contribution is 2.14. The van der Waals surface area contributed by atoms with Gasteiger partial charge in [-0.1, -0.05) is 12.1 Å². The molecule has 0 spiro atoms. The third-order valence-electron chi connectivity index (χ3n) is 2.72. The number of benzene rings is 1. The summed E-state index contributed by atoms with van der Waals surface area (Å²) >= 11 is 0. The maximum absolute atomic E-state index is 11.7. The summed E-state index contributed by atoms with van der Waals surface area (Å²) in [6.07, 6.45) is 2.12. The molecule has 1 amide bonds. The molecule has 0 aliphatic rings. The Hall–Kier alpha value is -2.77. The van der Waals surface area contributed by atoms with Crippen molar-refractivity contribution < 1.29 is 9.72 Å². The largest absolute Gasteiger partial charge is 0.303 e. The highest BCUT2D eigenvalue weighted by molar-refractivity contribution is 5.89. The van der Waals surface area contributed by atoms with Crippen LogP contribution in [-0.4, -0.2) is 25.6 Å². The van der Waals surface area contributed by atoms with Crippen LogP contribution in [0.3, 0.4) is 0 Å². The van der Waals surface area contributed by atoms with Gasteiger partial charge in [0.15, 0.2) is 0 Å². The number of hydrogen-bond acceptors (Lipinski definition) is 5. The second-order valence-electron chi connectivity index (χ2n) is 4.24. The Morgan fingerprint density at radius 1 is 1.50 bits per heavy atom. The fourth-order valence-electron chi connectivity index (χ4n) is 1.67. The molecule has 0 unspecified atom stereocenters. The number of carbonyl (C=O) groups excluding carboxylic acids is 1. The first kappa shape index (κ1) is 13.7. The maximum Gasteiger partial charge on any atom is 0.269 e. The van der Waals surface area contributed by atoms with Crippen molar-refractivity contribution in [2.45, 2.75) is 12.8 Å². The molecule has 2 aromatic rings. The maximum atomic E-state index is 11.7. The van der Waals surface area contributed by atoms with Gasteiger partial charge in [0, 0.05) is 25.6 Å². The van der Waals surface area contributed by atoms with Crippen LogP contribution in [0.1, 0.15) is 12.0 Å². The number of hydrogen-bond donors (Lipinski definition) is 1. The fourth-order valence-corrected chi connectivity index (χ4v) is 1.67. The number of amides is 1. The normalized spacial score (nSPS) is 10.2. The third-order valence-corrected chi connectivity index (χ3v) is 2.72. The quantitative estimate of drug-likeness (QED) is 0.654. The first-order valence-electron chi connectivity index (χ1n) is 5.93. The molecule has 0 saturated carbocycles. The second-order valence-corrected chi connectivity index (χ2v) is 4.24. The Kier molecular flexibility index (Phi) is 4.04. The van der Waals surface area contributed by atoms with E-state index in [0.717, 1.165) is 5.56 Å². The summed E-state index contributed by atoms with van der Waals surface area (Å²) in [5.41, 5.74) is 0.767. The number of non-ortho nitro benzene ring substituents is 1. The average molecular weight is 275 g/mol. The molecule has 0 saturated heterocycles. The lowest BCUT2D eigenvalue weighted by Crippen LogP contribution is -2.15. The minimum absolute atomic E-state index is 0.0243. The number of nitrogens with zero attached hydrogens (tertiary/aromatic N) is 4. The number of aryl methyl sites for hydroxylation is 2. The van der Waals surface area contributed by atoms with Gasteiger partial charge in [0.25, 0.3) is 5.69 Å². The summed E-state index contributed by atoms with van der Waals surface area (Å²) in [5.74, 6) is 0.154. The van der Waals surface area contributed by atoms with Crippen LogP contribution in [0, 0.1) is 10.1 Å². The molecule has 0 radical (unpaired) electrons. The molecule has 1 N–H and O–H groups in total. The predicted octanol–water partition coefficient (Wildman–Crippen LogP) is 1.29. The van der Waals surface area contributed by atoms with Gasteiger partial charge in [0.2, 0.25) is 11.9 Å². The number of nitro groups is 1. The summed E-state index contributed by atoms with van der Waals surface area (Å²) in [6, 6.07) is 6.25. The number of nitro benzene ring substituents is 1. The SMILES string of the molecule is Cn1cnnc1NC(=O)CCc1cccc([N+](=O)[O-])c1. The van der Waals surface area contributed by atoms with Crippen molar-refractivity contribution in [3.05, 3.63) is 46.3 Å². The Morgan fingerprint density at radius 3 is 2.95 bits per heavy atom. The Morgan fingerprint density at radius 2 is 2.30 bits per heavy atom. The molecule has 2 rings (SSSR count). The minimum Gasteiger partial charge on any atom is -0.303 e. The number of rotatable bonds is 5. The van der Waals surface area contributed by atoms with Crippen molar-refractivity contribution in [2.75, 3.05) is 5.32 Å². The fraction of sp³-hybridized carbons (Fsp3) is 0.250. The van der Waals surface area contributed by atoms with Crippen molar-refractivity contribution in [2.24, 2.45) is 7.05 Å². The molecular weight excluding hydrogens is 262 g/mol. The number of carbonyl (C=O) groups is 1. The Balaban J connectivity index is 1.92. The summed E-state index contributed by atoms with van der Waals surface area (Å²) in [7, 11) is 1.72. The van der Waals surface area contributed by atoms with E-state index in [1.54, 1.807) is 23.7 Å². The van der Waals surface area contributed by atoms with E-state index in [1.807, 2.05) is 0 Å². The van der Waals surface area contributed by atoms with E-state index < -0.39 is 4.92 Å². The lowest BCUT2D eigenvalue weighted by Gasteiger charge is -2.04. The van der Waals surface area contributed by atoms with E-state index in [0.29, 0.717) is 12.4 Å². The van der Waals surface area contributed by atoms with Crippen LogP contribution in [0.4, 0.5) is 11.6 Å². The monoisotopic (exact) mass is 275 g/mol. The van der Waals surface area contributed by atoms with Gasteiger partial charge in [0.1, 0.15) is 6.33 Å². The molecule has 104 valence electrons. The van der Waals surface area contributed by atoms with Crippen LogP contribution < -0.4 is 5.32 Å². The van der Waals surface area contributed by atoms with Gasteiger partial charge in [0.05, 0.1) is 4.92 Å². The highest BCUT2D eigenvalue weighted by atomic mass is 16.6. The first-order valence-corrected chi connectivity index (χ1v) is 5.93. The number of nitrogens with one attached hydrogen (secondary N) is 1. The predicted molar refractivity (Wildman–Crippen MR) is 71.1 cm³/mol. The Bertz CT molecular complexity index is 638. The van der Waals surface area contributed by atoms with Gasteiger partial charge in [-0.3, -0.25) is 20.2 Å². The zero-order valence-corrected chi connectivity index (χ0v) is 10.8.